The molecule has 2 amide bonds. The Morgan fingerprint density at radius 3 is 2.34 bits per heavy atom. The summed E-state index contributed by atoms with van der Waals surface area (Å²) in [7, 11) is 0. The number of thiazole rings is 1. The summed E-state index contributed by atoms with van der Waals surface area (Å²) in [5.41, 5.74) is 1.69. The van der Waals surface area contributed by atoms with E-state index in [-0.39, 0.29) is 21.2 Å². The number of nitrogens with one attached hydrogen (secondary N) is 2. The van der Waals surface area contributed by atoms with Crippen LogP contribution in [0.25, 0.3) is 10.3 Å². The summed E-state index contributed by atoms with van der Waals surface area (Å²) in [6.07, 6.45) is -1.36. The Balaban J connectivity index is 1.37. The number of hydrogen-bond acceptors (Lipinski definition) is 8. The summed E-state index contributed by atoms with van der Waals surface area (Å²) in [5, 5.41) is 19.3. The number of carboxylic acid groups (broad SMARTS) is 1. The van der Waals surface area contributed by atoms with Crippen molar-refractivity contribution in [3.8, 4) is 0 Å². The smallest absolute Gasteiger partial charge is 0.433 e. The first-order valence-corrected chi connectivity index (χ1v) is 12.8. The van der Waals surface area contributed by atoms with Crippen molar-refractivity contribution in [2.24, 2.45) is 0 Å². The van der Waals surface area contributed by atoms with Crippen molar-refractivity contribution in [3.63, 3.8) is 0 Å². The number of anilines is 2. The highest BCUT2D eigenvalue weighted by Crippen LogP contribution is 2.30. The number of carbonyl (C=O) groups is 3. The average molecular weight is 535 g/mol. The third-order valence-electron chi connectivity index (χ3n) is 6.26. The minimum absolute atomic E-state index is 0.0396. The summed E-state index contributed by atoms with van der Waals surface area (Å²) in [6, 6.07) is 16.6. The number of carbonyl (C=O) groups excluding carboxylic acids is 2. The highest BCUT2D eigenvalue weighted by Gasteiger charge is 2.28. The molecule has 0 atom stereocenters. The second kappa shape index (κ2) is 10.2. The van der Waals surface area contributed by atoms with Crippen LogP contribution in [0, 0.1) is 0 Å². The van der Waals surface area contributed by atoms with Crippen LogP contribution in [0.3, 0.4) is 0 Å². The molecule has 0 unspecified atom stereocenters. The minimum atomic E-state index is -1.36. The normalized spacial score (nSPS) is 13.9. The molecule has 5 rings (SSSR count). The monoisotopic (exact) mass is 534 g/mol. The third kappa shape index (κ3) is 5.08. The zero-order valence-corrected chi connectivity index (χ0v) is 21.6. The molecule has 38 heavy (non-hydrogen) atoms. The third-order valence-corrected chi connectivity index (χ3v) is 7.29. The van der Waals surface area contributed by atoms with Crippen LogP contribution in [0.5, 0.6) is 0 Å². The van der Waals surface area contributed by atoms with Gasteiger partial charge in [0, 0.05) is 24.3 Å². The molecule has 3 heterocycles. The van der Waals surface area contributed by atoms with Gasteiger partial charge in [-0.3, -0.25) is 9.59 Å². The first-order chi connectivity index (χ1) is 18.2. The van der Waals surface area contributed by atoms with E-state index in [0.717, 1.165) is 35.7 Å². The summed E-state index contributed by atoms with van der Waals surface area (Å²) in [4.78, 5) is 44.5. The van der Waals surface area contributed by atoms with Crippen molar-refractivity contribution >= 4 is 51.1 Å². The molecule has 0 radical (unpaired) electrons. The summed E-state index contributed by atoms with van der Waals surface area (Å²) in [6.45, 7) is 6.59. The minimum Gasteiger partial charge on any atom is -0.463 e. The molecule has 196 valence electrons. The van der Waals surface area contributed by atoms with Gasteiger partial charge in [-0.2, -0.15) is 4.68 Å². The summed E-state index contributed by atoms with van der Waals surface area (Å²) in [5.74, 6) is -0.977. The number of nitrogens with zero attached hydrogens (tertiary/aromatic N) is 4. The molecule has 1 aliphatic rings. The molecule has 0 saturated carbocycles. The first-order valence-electron chi connectivity index (χ1n) is 12.0. The van der Waals surface area contributed by atoms with Gasteiger partial charge in [0.15, 0.2) is 15.7 Å². The molecule has 1 saturated heterocycles. The van der Waals surface area contributed by atoms with Gasteiger partial charge in [-0.25, -0.2) is 9.78 Å². The van der Waals surface area contributed by atoms with E-state index in [1.165, 1.54) is 0 Å². The van der Waals surface area contributed by atoms with E-state index in [9.17, 15) is 19.5 Å². The second-order valence-electron chi connectivity index (χ2n) is 9.26. The fourth-order valence-corrected chi connectivity index (χ4v) is 5.11. The molecule has 0 bridgehead atoms. The van der Waals surface area contributed by atoms with Crippen LogP contribution in [0.15, 0.2) is 54.6 Å². The van der Waals surface area contributed by atoms with Crippen LogP contribution in [0.1, 0.15) is 39.6 Å². The summed E-state index contributed by atoms with van der Waals surface area (Å²) < 4.78 is 6.09. The quantitative estimate of drug-likeness (QED) is 0.340. The molecule has 0 spiro atoms. The van der Waals surface area contributed by atoms with Gasteiger partial charge >= 0.3 is 6.09 Å². The largest absolute Gasteiger partial charge is 0.463 e. The van der Waals surface area contributed by atoms with Gasteiger partial charge in [-0.1, -0.05) is 41.7 Å². The van der Waals surface area contributed by atoms with Crippen molar-refractivity contribution < 1.29 is 24.2 Å². The van der Waals surface area contributed by atoms with E-state index in [2.05, 4.69) is 25.6 Å². The van der Waals surface area contributed by atoms with Gasteiger partial charge in [0.25, 0.3) is 11.8 Å². The molecule has 4 aromatic rings. The fourth-order valence-electron chi connectivity index (χ4n) is 4.20. The van der Waals surface area contributed by atoms with Gasteiger partial charge < -0.3 is 25.4 Å². The predicted molar refractivity (Wildman–Crippen MR) is 143 cm³/mol. The Hall–Kier alpha value is -4.29. The Labute approximate surface area is 222 Å². The van der Waals surface area contributed by atoms with Gasteiger partial charge in [-0.15, -0.1) is 5.10 Å². The number of amides is 2. The lowest BCUT2D eigenvalue weighted by Gasteiger charge is -2.28. The van der Waals surface area contributed by atoms with Gasteiger partial charge in [0.05, 0.1) is 18.8 Å². The van der Waals surface area contributed by atoms with E-state index in [1.807, 2.05) is 56.3 Å². The maximum Gasteiger partial charge on any atom is 0.433 e. The standard InChI is InChI=1S/C26H26N6O5S/c1-26(2,17-6-4-3-5-7-17)29-22(34)23-27-19-20(30-32(25(35)36)24(19)38-23)28-21(33)16-8-10-18(11-9-16)31-12-14-37-15-13-31/h3-11H,12-15H2,1-2H3,(H,29,34)(H,35,36)(H,28,30,33). The molecule has 11 nitrogen and oxygen atoms in total. The van der Waals surface area contributed by atoms with Crippen molar-refractivity contribution in [1.29, 1.82) is 0 Å². The first kappa shape index (κ1) is 25.4. The SMILES string of the molecule is CC(C)(NC(=O)c1nc2c(NC(=O)c3ccc(N4CCOCC4)cc3)nn(C(=O)O)c2s1)c1ccccc1. The highest BCUT2D eigenvalue weighted by molar-refractivity contribution is 7.20. The molecule has 1 aliphatic heterocycles. The Bertz CT molecular complexity index is 1490. The zero-order valence-electron chi connectivity index (χ0n) is 20.8. The van der Waals surface area contributed by atoms with Crippen molar-refractivity contribution in [2.75, 3.05) is 36.5 Å². The van der Waals surface area contributed by atoms with Crippen LogP contribution < -0.4 is 15.5 Å². The van der Waals surface area contributed by atoms with Crippen LogP contribution in [0.2, 0.25) is 0 Å². The van der Waals surface area contributed by atoms with Crippen LogP contribution >= 0.6 is 11.3 Å². The van der Waals surface area contributed by atoms with Crippen molar-refractivity contribution in [1.82, 2.24) is 20.1 Å². The van der Waals surface area contributed by atoms with Crippen molar-refractivity contribution in [3.05, 3.63) is 70.7 Å². The Morgan fingerprint density at radius 2 is 1.68 bits per heavy atom. The lowest BCUT2D eigenvalue weighted by molar-refractivity contribution is 0.0911. The van der Waals surface area contributed by atoms with E-state index >= 15 is 0 Å². The Morgan fingerprint density at radius 1 is 1.00 bits per heavy atom. The molecule has 3 N–H and O–H groups in total. The van der Waals surface area contributed by atoms with Gasteiger partial charge in [-0.05, 0) is 43.7 Å². The van der Waals surface area contributed by atoms with Crippen molar-refractivity contribution in [2.45, 2.75) is 19.4 Å². The number of ether oxygens (including phenoxy) is 1. The summed E-state index contributed by atoms with van der Waals surface area (Å²) >= 11 is 0.887. The lowest BCUT2D eigenvalue weighted by Crippen LogP contribution is -2.40. The molecule has 1 fully saturated rings. The number of benzene rings is 2. The van der Waals surface area contributed by atoms with Gasteiger partial charge in [0.1, 0.15) is 5.52 Å². The van der Waals surface area contributed by atoms with Crippen LogP contribution in [0.4, 0.5) is 16.3 Å². The van der Waals surface area contributed by atoms with E-state index < -0.39 is 23.4 Å². The fraction of sp³-hybridized carbons (Fsp3) is 0.269. The number of rotatable bonds is 6. The number of hydrogen-bond donors (Lipinski definition) is 3. The number of morpholine rings is 1. The molecule has 2 aromatic carbocycles. The average Bonchev–Trinajstić information content (AvgIpc) is 3.50. The Kier molecular flexibility index (Phi) is 6.83. The zero-order chi connectivity index (χ0) is 26.9. The number of fused-ring (bicyclic) bond motifs is 1. The molecular formula is C26H26N6O5S. The van der Waals surface area contributed by atoms with Gasteiger partial charge in [0.2, 0.25) is 0 Å². The molecular weight excluding hydrogens is 508 g/mol. The maximum atomic E-state index is 13.1. The van der Waals surface area contributed by atoms with E-state index in [0.29, 0.717) is 23.5 Å². The van der Waals surface area contributed by atoms with E-state index in [4.69, 9.17) is 4.74 Å². The van der Waals surface area contributed by atoms with Crippen LogP contribution in [-0.4, -0.2) is 64.1 Å². The van der Waals surface area contributed by atoms with Crippen LogP contribution in [-0.2, 0) is 10.3 Å². The number of aromatic nitrogens is 3. The predicted octanol–water partition coefficient (Wildman–Crippen LogP) is 3.77. The molecule has 0 aliphatic carbocycles. The van der Waals surface area contributed by atoms with E-state index in [1.54, 1.807) is 12.1 Å². The second-order valence-corrected chi connectivity index (χ2v) is 10.2. The maximum absolute atomic E-state index is 13.1. The molecule has 12 heteroatoms. The highest BCUT2D eigenvalue weighted by atomic mass is 32.1. The molecule has 2 aromatic heterocycles. The lowest BCUT2D eigenvalue weighted by atomic mass is 9.94. The topological polar surface area (TPSA) is 139 Å².